The molecule has 0 saturated carbocycles. The molecule has 4 heterocycles. The molecule has 2 aromatic heterocycles. The van der Waals surface area contributed by atoms with Crippen molar-refractivity contribution >= 4 is 34.3 Å². The van der Waals surface area contributed by atoms with Crippen molar-refractivity contribution in [2.75, 3.05) is 58.4 Å². The highest BCUT2D eigenvalue weighted by Crippen LogP contribution is 2.40. The third-order valence-corrected chi connectivity index (χ3v) is 9.20. The van der Waals surface area contributed by atoms with Crippen LogP contribution in [0.3, 0.4) is 0 Å². The summed E-state index contributed by atoms with van der Waals surface area (Å²) < 4.78 is 33.1. The molecule has 0 aliphatic carbocycles. The summed E-state index contributed by atoms with van der Waals surface area (Å²) in [6, 6.07) is 15.3. The topological polar surface area (TPSA) is 89.4 Å². The van der Waals surface area contributed by atoms with Gasteiger partial charge in [0.1, 0.15) is 17.2 Å². The van der Waals surface area contributed by atoms with Crippen molar-refractivity contribution in [3.63, 3.8) is 0 Å². The van der Waals surface area contributed by atoms with Gasteiger partial charge in [-0.1, -0.05) is 38.1 Å². The zero-order chi connectivity index (χ0) is 36.4. The fraction of sp³-hybridized carbons (Fsp3) is 0.425. The summed E-state index contributed by atoms with van der Waals surface area (Å²) >= 11 is 0. The molecule has 1 fully saturated rings. The maximum Gasteiger partial charge on any atom is 0.410 e. The van der Waals surface area contributed by atoms with Crippen molar-refractivity contribution in [3.8, 4) is 22.6 Å². The minimum Gasteiger partial charge on any atom is -0.496 e. The Bertz CT molecular complexity index is 1950. The second-order valence-electron chi connectivity index (χ2n) is 14.6. The van der Waals surface area contributed by atoms with Crippen LogP contribution in [0, 0.1) is 11.7 Å². The Morgan fingerprint density at radius 2 is 1.63 bits per heavy atom. The molecule has 2 aliphatic heterocycles. The number of nitrogens with zero attached hydrogens (tertiary/aromatic N) is 5. The molecule has 0 radical (unpaired) electrons. The van der Waals surface area contributed by atoms with E-state index >= 15 is 0 Å². The van der Waals surface area contributed by atoms with E-state index in [0.717, 1.165) is 39.8 Å². The molecule has 51 heavy (non-hydrogen) atoms. The molecule has 2 aliphatic rings. The number of benzene rings is 2. The van der Waals surface area contributed by atoms with Gasteiger partial charge in [-0.25, -0.2) is 14.2 Å². The number of hydrogen-bond donors (Lipinski definition) is 0. The zero-order valence-electron chi connectivity index (χ0n) is 30.7. The summed E-state index contributed by atoms with van der Waals surface area (Å²) in [7, 11) is 3.16. The van der Waals surface area contributed by atoms with Crippen LogP contribution in [0.15, 0.2) is 60.8 Å². The number of ether oxygens (including phenoxy) is 3. The second-order valence-corrected chi connectivity index (χ2v) is 14.6. The van der Waals surface area contributed by atoms with E-state index in [1.54, 1.807) is 12.0 Å². The van der Waals surface area contributed by atoms with Gasteiger partial charge in [0.15, 0.2) is 11.6 Å². The number of fused-ring (bicyclic) bond motifs is 1. The van der Waals surface area contributed by atoms with Crippen LogP contribution in [-0.2, 0) is 11.3 Å². The number of hydrogen-bond acceptors (Lipinski definition) is 7. The lowest BCUT2D eigenvalue weighted by atomic mass is 9.98. The molecule has 10 nitrogen and oxygen atoms in total. The van der Waals surface area contributed by atoms with Crippen LogP contribution in [0.4, 0.5) is 15.0 Å². The summed E-state index contributed by atoms with van der Waals surface area (Å²) in [5.41, 5.74) is 4.85. The number of carbonyl (C=O) groups excluding carboxylic acids is 2. The number of piperazine rings is 1. The predicted octanol–water partition coefficient (Wildman–Crippen LogP) is 7.50. The van der Waals surface area contributed by atoms with Crippen LogP contribution < -0.4 is 14.4 Å². The van der Waals surface area contributed by atoms with E-state index in [4.69, 9.17) is 14.2 Å². The predicted molar refractivity (Wildman–Crippen MR) is 198 cm³/mol. The molecule has 0 N–H and O–H groups in total. The van der Waals surface area contributed by atoms with Gasteiger partial charge in [-0.3, -0.25) is 4.79 Å². The molecule has 6 rings (SSSR count). The summed E-state index contributed by atoms with van der Waals surface area (Å²) in [4.78, 5) is 37.4. The molecule has 2 aromatic carbocycles. The Labute approximate surface area is 299 Å². The molecule has 0 unspecified atom stereocenters. The van der Waals surface area contributed by atoms with E-state index in [2.05, 4.69) is 35.5 Å². The minimum absolute atomic E-state index is 0.0714. The van der Waals surface area contributed by atoms with Crippen LogP contribution >= 0.6 is 0 Å². The van der Waals surface area contributed by atoms with Gasteiger partial charge in [0, 0.05) is 73.1 Å². The molecule has 0 bridgehead atoms. The maximum atomic E-state index is 14.3. The third kappa shape index (κ3) is 7.67. The van der Waals surface area contributed by atoms with E-state index in [1.807, 2.05) is 67.0 Å². The van der Waals surface area contributed by atoms with Crippen molar-refractivity contribution in [1.82, 2.24) is 19.4 Å². The van der Waals surface area contributed by atoms with Crippen molar-refractivity contribution < 1.29 is 28.2 Å². The third-order valence-electron chi connectivity index (χ3n) is 9.20. The Kier molecular flexibility index (Phi) is 10.3. The highest BCUT2D eigenvalue weighted by Gasteiger charge is 2.29. The molecule has 4 aromatic rings. The number of para-hydroxylation sites is 1. The summed E-state index contributed by atoms with van der Waals surface area (Å²) in [5, 5.41) is 0.937. The van der Waals surface area contributed by atoms with Crippen molar-refractivity contribution in [2.24, 2.45) is 5.92 Å². The number of anilines is 1. The van der Waals surface area contributed by atoms with Gasteiger partial charge in [-0.2, -0.15) is 0 Å². The number of aromatic nitrogens is 2. The summed E-state index contributed by atoms with van der Waals surface area (Å²) in [6.45, 7) is 13.8. The van der Waals surface area contributed by atoms with E-state index in [1.165, 1.54) is 19.4 Å². The molecule has 270 valence electrons. The van der Waals surface area contributed by atoms with E-state index in [-0.39, 0.29) is 12.0 Å². The molecule has 0 atom stereocenters. The lowest BCUT2D eigenvalue weighted by Gasteiger charge is -2.36. The normalized spacial score (nSPS) is 15.3. The van der Waals surface area contributed by atoms with Crippen LogP contribution in [0.1, 0.15) is 57.1 Å². The van der Waals surface area contributed by atoms with E-state index in [0.29, 0.717) is 74.5 Å². The van der Waals surface area contributed by atoms with E-state index in [9.17, 15) is 14.0 Å². The Hall–Kier alpha value is -5.06. The first-order valence-corrected chi connectivity index (χ1v) is 17.6. The van der Waals surface area contributed by atoms with Crippen LogP contribution in [0.25, 0.3) is 27.6 Å². The zero-order valence-corrected chi connectivity index (χ0v) is 30.7. The number of carbonyl (C=O) groups is 2. The van der Waals surface area contributed by atoms with Gasteiger partial charge in [-0.15, -0.1) is 0 Å². The Balaban J connectivity index is 1.40. The van der Waals surface area contributed by atoms with Gasteiger partial charge in [0.05, 0.1) is 32.5 Å². The molecule has 0 spiro atoms. The lowest BCUT2D eigenvalue weighted by Crippen LogP contribution is -2.49. The Morgan fingerprint density at radius 1 is 0.902 bits per heavy atom. The van der Waals surface area contributed by atoms with Gasteiger partial charge >= 0.3 is 6.09 Å². The first kappa shape index (κ1) is 35.8. The average molecular weight is 698 g/mol. The number of halogens is 1. The van der Waals surface area contributed by atoms with Crippen molar-refractivity contribution in [3.05, 3.63) is 77.9 Å². The number of amides is 2. The average Bonchev–Trinajstić information content (AvgIpc) is 3.47. The molecule has 2 amide bonds. The summed E-state index contributed by atoms with van der Waals surface area (Å²) in [5.74, 6) is 1.43. The molecule has 11 heteroatoms. The molecular formula is C40H48FN5O5. The van der Waals surface area contributed by atoms with Crippen molar-refractivity contribution in [2.45, 2.75) is 53.2 Å². The van der Waals surface area contributed by atoms with Crippen molar-refractivity contribution in [1.29, 1.82) is 0 Å². The smallest absolute Gasteiger partial charge is 0.410 e. The fourth-order valence-corrected chi connectivity index (χ4v) is 6.95. The quantitative estimate of drug-likeness (QED) is 0.188. The van der Waals surface area contributed by atoms with Gasteiger partial charge in [0.25, 0.3) is 5.91 Å². The van der Waals surface area contributed by atoms with E-state index < -0.39 is 11.4 Å². The number of rotatable bonds is 8. The SMILES string of the molecule is COc1ccccc1-c1cc(C(=O)N2CCN(c3ncc(F)cc3OC)CC2)cc2cc(C3=CCCN(C(=O)OC(C)(C)C)C3)n(CC(C)C)c12. The highest BCUT2D eigenvalue weighted by atomic mass is 19.1. The van der Waals surface area contributed by atoms with Crippen LogP contribution in [-0.4, -0.2) is 90.4 Å². The second kappa shape index (κ2) is 14.7. The highest BCUT2D eigenvalue weighted by molar-refractivity contribution is 6.05. The maximum absolute atomic E-state index is 14.3. The standard InChI is InChI=1S/C40H48FN5O5/c1-26(2)24-46-33(27-11-10-14-45(25-27)39(48)51-40(3,4)5)21-28-19-29(20-32(36(28)46)31-12-8-9-13-34(31)49-6)38(47)44-17-15-43(16-18-44)37-35(50-7)22-30(41)23-42-37/h8-9,11-13,19-23,26H,10,14-18,24-25H2,1-7H3. The van der Waals surface area contributed by atoms with Gasteiger partial charge in [0.2, 0.25) is 0 Å². The van der Waals surface area contributed by atoms with Gasteiger partial charge < -0.3 is 33.5 Å². The van der Waals surface area contributed by atoms with Gasteiger partial charge in [-0.05, 0) is 62.9 Å². The first-order valence-electron chi connectivity index (χ1n) is 17.6. The summed E-state index contributed by atoms with van der Waals surface area (Å²) in [6.07, 6.45) is 3.79. The monoisotopic (exact) mass is 697 g/mol. The fourth-order valence-electron chi connectivity index (χ4n) is 6.95. The number of pyridine rings is 1. The van der Waals surface area contributed by atoms with Crippen LogP contribution in [0.2, 0.25) is 0 Å². The van der Waals surface area contributed by atoms with Crippen LogP contribution in [0.5, 0.6) is 11.5 Å². The largest absolute Gasteiger partial charge is 0.496 e. The Morgan fingerprint density at radius 3 is 2.31 bits per heavy atom. The lowest BCUT2D eigenvalue weighted by molar-refractivity contribution is 0.0272. The first-order chi connectivity index (χ1) is 24.4. The molecule has 1 saturated heterocycles. The molecular weight excluding hydrogens is 649 g/mol. The minimum atomic E-state index is -0.588. The number of methoxy groups -OCH3 is 2.